The second-order valence-electron chi connectivity index (χ2n) is 3.79. The standard InChI is InChI=1S/C8H12N4S/c1-6-10-11-7(13)12(6)9-5-8(2)3-4-8/h5H,3-4H2,1-2H3,(H,11,13)/b9-5+. The third kappa shape index (κ3) is 1.70. The van der Waals surface area contributed by atoms with Gasteiger partial charge < -0.3 is 0 Å². The largest absolute Gasteiger partial charge is 0.250 e. The Labute approximate surface area is 81.7 Å². The van der Waals surface area contributed by atoms with Crippen molar-refractivity contribution in [1.29, 1.82) is 0 Å². The van der Waals surface area contributed by atoms with Gasteiger partial charge >= 0.3 is 0 Å². The van der Waals surface area contributed by atoms with E-state index in [1.807, 2.05) is 13.1 Å². The summed E-state index contributed by atoms with van der Waals surface area (Å²) < 4.78 is 2.21. The molecule has 0 saturated heterocycles. The van der Waals surface area contributed by atoms with E-state index in [0.717, 1.165) is 5.82 Å². The minimum absolute atomic E-state index is 0.304. The fraction of sp³-hybridized carbons (Fsp3) is 0.625. The first-order valence-corrected chi connectivity index (χ1v) is 4.71. The topological polar surface area (TPSA) is 46.0 Å². The summed E-state index contributed by atoms with van der Waals surface area (Å²) in [5.41, 5.74) is 0.304. The number of rotatable bonds is 2. The molecule has 5 heteroatoms. The summed E-state index contributed by atoms with van der Waals surface area (Å²) in [6, 6.07) is 0. The molecule has 1 fully saturated rings. The van der Waals surface area contributed by atoms with Crippen LogP contribution >= 0.6 is 12.2 Å². The third-order valence-electron chi connectivity index (χ3n) is 2.34. The molecule has 4 nitrogen and oxygen atoms in total. The average molecular weight is 196 g/mol. The number of hydrogen-bond donors (Lipinski definition) is 1. The zero-order valence-corrected chi connectivity index (χ0v) is 8.56. The summed E-state index contributed by atoms with van der Waals surface area (Å²) in [7, 11) is 0. The van der Waals surface area contributed by atoms with E-state index < -0.39 is 0 Å². The van der Waals surface area contributed by atoms with Gasteiger partial charge in [0.05, 0.1) is 0 Å². The van der Waals surface area contributed by atoms with E-state index >= 15 is 0 Å². The second kappa shape index (κ2) is 2.77. The molecular formula is C8H12N4S. The van der Waals surface area contributed by atoms with E-state index in [0.29, 0.717) is 10.2 Å². The first kappa shape index (κ1) is 8.62. The molecule has 0 amide bonds. The predicted octanol–water partition coefficient (Wildman–Crippen LogP) is 1.88. The van der Waals surface area contributed by atoms with Crippen LogP contribution in [0.1, 0.15) is 25.6 Å². The van der Waals surface area contributed by atoms with Crippen LogP contribution in [0, 0.1) is 17.1 Å². The molecule has 13 heavy (non-hydrogen) atoms. The zero-order valence-electron chi connectivity index (χ0n) is 7.74. The highest BCUT2D eigenvalue weighted by molar-refractivity contribution is 7.71. The van der Waals surface area contributed by atoms with Gasteiger partial charge in [0.25, 0.3) is 0 Å². The van der Waals surface area contributed by atoms with Crippen molar-refractivity contribution in [2.75, 3.05) is 0 Å². The summed E-state index contributed by atoms with van der Waals surface area (Å²) in [5.74, 6) is 0.797. The Morgan fingerprint density at radius 2 is 2.38 bits per heavy atom. The number of aromatic nitrogens is 3. The molecule has 0 atom stereocenters. The zero-order chi connectivity index (χ0) is 9.47. The molecule has 0 aliphatic heterocycles. The van der Waals surface area contributed by atoms with Crippen molar-refractivity contribution in [2.24, 2.45) is 10.5 Å². The van der Waals surface area contributed by atoms with Crippen LogP contribution in [0.3, 0.4) is 0 Å². The molecular weight excluding hydrogens is 184 g/mol. The van der Waals surface area contributed by atoms with Gasteiger partial charge in [0, 0.05) is 11.6 Å². The minimum Gasteiger partial charge on any atom is -0.250 e. The fourth-order valence-electron chi connectivity index (χ4n) is 1.03. The summed E-state index contributed by atoms with van der Waals surface area (Å²) in [6.45, 7) is 4.06. The minimum atomic E-state index is 0.304. The number of H-pyrrole nitrogens is 1. The molecule has 1 N–H and O–H groups in total. The van der Waals surface area contributed by atoms with E-state index in [2.05, 4.69) is 22.2 Å². The number of hydrogen-bond acceptors (Lipinski definition) is 3. The van der Waals surface area contributed by atoms with Crippen LogP contribution < -0.4 is 0 Å². The highest BCUT2D eigenvalue weighted by Gasteiger charge is 2.35. The maximum atomic E-state index is 5.01. The summed E-state index contributed by atoms with van der Waals surface area (Å²) in [6.07, 6.45) is 4.41. The van der Waals surface area contributed by atoms with Crippen molar-refractivity contribution in [3.05, 3.63) is 10.6 Å². The predicted molar refractivity (Wildman–Crippen MR) is 53.4 cm³/mol. The molecule has 1 aliphatic rings. The molecule has 70 valence electrons. The molecule has 1 saturated carbocycles. The average Bonchev–Trinajstić information content (AvgIpc) is 2.72. The Bertz CT molecular complexity index is 397. The molecule has 1 aromatic heterocycles. The summed E-state index contributed by atoms with van der Waals surface area (Å²) in [5, 5.41) is 11.0. The van der Waals surface area contributed by atoms with Crippen LogP contribution in [-0.4, -0.2) is 21.1 Å². The van der Waals surface area contributed by atoms with Crippen molar-refractivity contribution >= 4 is 18.4 Å². The van der Waals surface area contributed by atoms with Gasteiger partial charge in [0.1, 0.15) is 5.82 Å². The van der Waals surface area contributed by atoms with Crippen LogP contribution in [0.2, 0.25) is 0 Å². The van der Waals surface area contributed by atoms with Crippen LogP contribution in [0.5, 0.6) is 0 Å². The van der Waals surface area contributed by atoms with Crippen LogP contribution in [-0.2, 0) is 0 Å². The Kier molecular flexibility index (Phi) is 1.83. The lowest BCUT2D eigenvalue weighted by Gasteiger charge is -1.98. The Morgan fingerprint density at radius 3 is 2.85 bits per heavy atom. The molecule has 0 radical (unpaired) electrons. The molecule has 2 rings (SSSR count). The fourth-order valence-corrected chi connectivity index (χ4v) is 1.25. The SMILES string of the molecule is Cc1n[nH]c(=S)n1/N=C/C1(C)CC1. The van der Waals surface area contributed by atoms with Crippen molar-refractivity contribution < 1.29 is 0 Å². The maximum absolute atomic E-state index is 5.01. The Hall–Kier alpha value is -0.970. The quantitative estimate of drug-likeness (QED) is 0.580. The first-order chi connectivity index (χ1) is 6.11. The Balaban J connectivity index is 2.26. The smallest absolute Gasteiger partial charge is 0.216 e. The van der Waals surface area contributed by atoms with E-state index in [1.54, 1.807) is 4.68 Å². The molecule has 1 aliphatic carbocycles. The van der Waals surface area contributed by atoms with Gasteiger partial charge in [-0.1, -0.05) is 6.92 Å². The monoisotopic (exact) mass is 196 g/mol. The summed E-state index contributed by atoms with van der Waals surface area (Å²) >= 11 is 5.01. The third-order valence-corrected chi connectivity index (χ3v) is 2.60. The van der Waals surface area contributed by atoms with Gasteiger partial charge in [0.2, 0.25) is 4.77 Å². The number of nitrogens with one attached hydrogen (secondary N) is 1. The van der Waals surface area contributed by atoms with Gasteiger partial charge in [-0.2, -0.15) is 14.9 Å². The molecule has 1 aromatic rings. The van der Waals surface area contributed by atoms with Crippen molar-refractivity contribution in [1.82, 2.24) is 14.9 Å². The van der Waals surface area contributed by atoms with Crippen LogP contribution in [0.4, 0.5) is 0 Å². The van der Waals surface area contributed by atoms with Gasteiger partial charge in [-0.05, 0) is 32.0 Å². The molecule has 0 aromatic carbocycles. The molecule has 1 heterocycles. The first-order valence-electron chi connectivity index (χ1n) is 4.30. The number of aromatic amines is 1. The molecule has 0 bridgehead atoms. The number of nitrogens with zero attached hydrogens (tertiary/aromatic N) is 3. The highest BCUT2D eigenvalue weighted by atomic mass is 32.1. The van der Waals surface area contributed by atoms with Crippen molar-refractivity contribution in [2.45, 2.75) is 26.7 Å². The lowest BCUT2D eigenvalue weighted by molar-refractivity contribution is 0.768. The van der Waals surface area contributed by atoms with Crippen molar-refractivity contribution in [3.8, 4) is 0 Å². The van der Waals surface area contributed by atoms with E-state index in [9.17, 15) is 0 Å². The molecule has 0 unspecified atom stereocenters. The normalized spacial score (nSPS) is 19.5. The van der Waals surface area contributed by atoms with Crippen LogP contribution in [0.15, 0.2) is 5.10 Å². The summed E-state index contributed by atoms with van der Waals surface area (Å²) in [4.78, 5) is 0. The maximum Gasteiger partial charge on any atom is 0.216 e. The van der Waals surface area contributed by atoms with Crippen LogP contribution in [0.25, 0.3) is 0 Å². The lowest BCUT2D eigenvalue weighted by atomic mass is 10.2. The second-order valence-corrected chi connectivity index (χ2v) is 4.17. The van der Waals surface area contributed by atoms with Gasteiger partial charge in [-0.15, -0.1) is 0 Å². The van der Waals surface area contributed by atoms with Gasteiger partial charge in [-0.25, -0.2) is 0 Å². The van der Waals surface area contributed by atoms with E-state index in [4.69, 9.17) is 12.2 Å². The van der Waals surface area contributed by atoms with E-state index in [-0.39, 0.29) is 0 Å². The Morgan fingerprint density at radius 1 is 1.69 bits per heavy atom. The molecule has 0 spiro atoms. The van der Waals surface area contributed by atoms with Gasteiger partial charge in [-0.3, -0.25) is 5.10 Å². The van der Waals surface area contributed by atoms with Crippen molar-refractivity contribution in [3.63, 3.8) is 0 Å². The highest BCUT2D eigenvalue weighted by Crippen LogP contribution is 2.42. The van der Waals surface area contributed by atoms with E-state index in [1.165, 1.54) is 12.8 Å². The van der Waals surface area contributed by atoms with Gasteiger partial charge in [0.15, 0.2) is 0 Å². The lowest BCUT2D eigenvalue weighted by Crippen LogP contribution is -1.99. The number of aryl methyl sites for hydroxylation is 1.